The molecule has 6 N–H and O–H groups in total. The van der Waals surface area contributed by atoms with Gasteiger partial charge in [0.15, 0.2) is 0 Å². The van der Waals surface area contributed by atoms with Crippen LogP contribution in [0.2, 0.25) is 0 Å². The van der Waals surface area contributed by atoms with Crippen LogP contribution in [-0.4, -0.2) is 81.4 Å². The van der Waals surface area contributed by atoms with Crippen molar-refractivity contribution in [3.05, 3.63) is 0 Å². The lowest BCUT2D eigenvalue weighted by atomic mass is 9.77. The number of ether oxygens (including phenoxy) is 1. The summed E-state index contributed by atoms with van der Waals surface area (Å²) in [6.45, 7) is 0.280. The van der Waals surface area contributed by atoms with Gasteiger partial charge >= 0.3 is 11.9 Å². The van der Waals surface area contributed by atoms with Gasteiger partial charge in [0.2, 0.25) is 5.91 Å². The molecule has 4 rings (SSSR count). The molecule has 0 aromatic carbocycles. The van der Waals surface area contributed by atoms with Crippen LogP contribution in [0.15, 0.2) is 0 Å². The SMILES string of the molecule is O=C(O)C1CCC(O)CC1CONC1CCC(OC2CCC(NC(=O)C3CC(O)CCC3C(=O)O)CC2)CC1. The van der Waals surface area contributed by atoms with E-state index in [1.54, 1.807) is 0 Å². The first kappa shape index (κ1) is 30.2. The predicted octanol–water partition coefficient (Wildman–Crippen LogP) is 1.99. The zero-order chi connectivity index (χ0) is 27.9. The van der Waals surface area contributed by atoms with Gasteiger partial charge in [0, 0.05) is 12.1 Å². The predicted molar refractivity (Wildman–Crippen MR) is 139 cm³/mol. The first-order chi connectivity index (χ1) is 18.7. The number of aliphatic carboxylic acids is 2. The van der Waals surface area contributed by atoms with E-state index in [0.717, 1.165) is 51.4 Å². The second kappa shape index (κ2) is 14.2. The number of aliphatic hydroxyl groups is 2. The molecule has 0 aromatic heterocycles. The number of hydrogen-bond donors (Lipinski definition) is 6. The van der Waals surface area contributed by atoms with Crippen LogP contribution >= 0.6 is 0 Å². The van der Waals surface area contributed by atoms with E-state index in [1.807, 2.05) is 0 Å². The van der Waals surface area contributed by atoms with Gasteiger partial charge in [0.05, 0.1) is 48.8 Å². The molecule has 222 valence electrons. The van der Waals surface area contributed by atoms with Crippen LogP contribution < -0.4 is 10.8 Å². The van der Waals surface area contributed by atoms with Crippen LogP contribution in [-0.2, 0) is 24.0 Å². The maximum atomic E-state index is 12.8. The summed E-state index contributed by atoms with van der Waals surface area (Å²) < 4.78 is 6.38. The highest BCUT2D eigenvalue weighted by molar-refractivity contribution is 5.85. The molecule has 0 bridgehead atoms. The molecule has 4 aliphatic rings. The van der Waals surface area contributed by atoms with Crippen LogP contribution in [0.25, 0.3) is 0 Å². The van der Waals surface area contributed by atoms with Crippen molar-refractivity contribution in [1.82, 2.24) is 10.8 Å². The van der Waals surface area contributed by atoms with Crippen molar-refractivity contribution in [3.63, 3.8) is 0 Å². The van der Waals surface area contributed by atoms with E-state index in [1.165, 1.54) is 0 Å². The van der Waals surface area contributed by atoms with Crippen LogP contribution in [0.1, 0.15) is 89.9 Å². The van der Waals surface area contributed by atoms with Crippen LogP contribution in [0.5, 0.6) is 0 Å². The minimum atomic E-state index is -0.966. The molecular weight excluding hydrogens is 508 g/mol. The van der Waals surface area contributed by atoms with Crippen molar-refractivity contribution in [2.24, 2.45) is 23.7 Å². The molecule has 6 atom stereocenters. The highest BCUT2D eigenvalue weighted by Gasteiger charge is 2.40. The van der Waals surface area contributed by atoms with E-state index in [0.29, 0.717) is 32.1 Å². The van der Waals surface area contributed by atoms with Crippen molar-refractivity contribution < 1.29 is 44.4 Å². The van der Waals surface area contributed by atoms with Crippen molar-refractivity contribution >= 4 is 17.8 Å². The average Bonchev–Trinajstić information content (AvgIpc) is 2.90. The zero-order valence-electron chi connectivity index (χ0n) is 22.7. The van der Waals surface area contributed by atoms with E-state index in [9.17, 15) is 34.8 Å². The molecule has 1 amide bonds. The molecule has 0 spiro atoms. The van der Waals surface area contributed by atoms with Gasteiger partial charge in [-0.25, -0.2) is 0 Å². The molecule has 39 heavy (non-hydrogen) atoms. The molecule has 11 nitrogen and oxygen atoms in total. The Labute approximate surface area is 230 Å². The third-order valence-corrected chi connectivity index (χ3v) is 9.38. The molecule has 11 heteroatoms. The summed E-state index contributed by atoms with van der Waals surface area (Å²) in [6, 6.07) is 0.203. The number of carboxylic acid groups (broad SMARTS) is 2. The van der Waals surface area contributed by atoms with Crippen LogP contribution in [0.3, 0.4) is 0 Å². The Kier molecular flexibility index (Phi) is 11.0. The van der Waals surface area contributed by atoms with Crippen LogP contribution in [0, 0.1) is 23.7 Å². The van der Waals surface area contributed by atoms with Gasteiger partial charge in [-0.2, -0.15) is 5.48 Å². The maximum absolute atomic E-state index is 12.8. The molecular formula is C28H46N2O9. The van der Waals surface area contributed by atoms with Gasteiger partial charge < -0.3 is 35.3 Å². The zero-order valence-corrected chi connectivity index (χ0v) is 22.7. The number of hydroxylamine groups is 1. The Balaban J connectivity index is 1.10. The molecule has 4 aliphatic carbocycles. The number of carbonyl (C=O) groups excluding carboxylic acids is 1. The number of carbonyl (C=O) groups is 3. The molecule has 6 unspecified atom stereocenters. The van der Waals surface area contributed by atoms with Crippen LogP contribution in [0.4, 0.5) is 0 Å². The quantitative estimate of drug-likeness (QED) is 0.219. The summed E-state index contributed by atoms with van der Waals surface area (Å²) in [5.41, 5.74) is 3.11. The van der Waals surface area contributed by atoms with Gasteiger partial charge in [-0.15, -0.1) is 0 Å². The van der Waals surface area contributed by atoms with Gasteiger partial charge in [-0.1, -0.05) is 0 Å². The summed E-state index contributed by atoms with van der Waals surface area (Å²) in [6.07, 6.45) is 8.61. The highest BCUT2D eigenvalue weighted by atomic mass is 16.6. The molecule has 0 aromatic rings. The summed E-state index contributed by atoms with van der Waals surface area (Å²) in [5, 5.41) is 41.8. The Bertz CT molecular complexity index is 826. The maximum Gasteiger partial charge on any atom is 0.307 e. The number of nitrogens with one attached hydrogen (secondary N) is 2. The lowest BCUT2D eigenvalue weighted by Gasteiger charge is -2.36. The minimum Gasteiger partial charge on any atom is -0.481 e. The Morgan fingerprint density at radius 1 is 0.641 bits per heavy atom. The van der Waals surface area contributed by atoms with E-state index in [4.69, 9.17) is 9.57 Å². The lowest BCUT2D eigenvalue weighted by Crippen LogP contribution is -2.47. The van der Waals surface area contributed by atoms with E-state index >= 15 is 0 Å². The number of hydrogen-bond acceptors (Lipinski definition) is 8. The molecule has 4 fully saturated rings. The smallest absolute Gasteiger partial charge is 0.307 e. The Morgan fingerprint density at radius 2 is 1.18 bits per heavy atom. The lowest BCUT2D eigenvalue weighted by molar-refractivity contribution is -0.151. The fourth-order valence-electron chi connectivity index (χ4n) is 7.00. The summed E-state index contributed by atoms with van der Waals surface area (Å²) in [4.78, 5) is 41.6. The fourth-order valence-corrected chi connectivity index (χ4v) is 7.00. The van der Waals surface area contributed by atoms with Gasteiger partial charge in [-0.3, -0.25) is 14.4 Å². The highest BCUT2D eigenvalue weighted by Crippen LogP contribution is 2.33. The van der Waals surface area contributed by atoms with E-state index < -0.39 is 41.9 Å². The monoisotopic (exact) mass is 554 g/mol. The fraction of sp³-hybridized carbons (Fsp3) is 0.893. The average molecular weight is 555 g/mol. The van der Waals surface area contributed by atoms with Gasteiger partial charge in [-0.05, 0) is 95.8 Å². The third-order valence-electron chi connectivity index (χ3n) is 9.38. The summed E-state index contributed by atoms with van der Waals surface area (Å²) in [7, 11) is 0. The van der Waals surface area contributed by atoms with Crippen molar-refractivity contribution in [2.45, 2.75) is 126 Å². The second-order valence-electron chi connectivity index (χ2n) is 12.2. The molecule has 0 heterocycles. The molecule has 0 saturated heterocycles. The molecule has 0 aliphatic heterocycles. The number of amides is 1. The first-order valence-electron chi connectivity index (χ1n) is 14.8. The summed E-state index contributed by atoms with van der Waals surface area (Å²) in [5.74, 6) is -4.11. The van der Waals surface area contributed by atoms with E-state index in [2.05, 4.69) is 10.8 Å². The number of rotatable bonds is 10. The van der Waals surface area contributed by atoms with Crippen molar-refractivity contribution in [1.29, 1.82) is 0 Å². The van der Waals surface area contributed by atoms with Crippen molar-refractivity contribution in [2.75, 3.05) is 6.61 Å². The minimum absolute atomic E-state index is 0.00829. The largest absolute Gasteiger partial charge is 0.481 e. The summed E-state index contributed by atoms with van der Waals surface area (Å²) >= 11 is 0. The molecule has 0 radical (unpaired) electrons. The van der Waals surface area contributed by atoms with Crippen molar-refractivity contribution in [3.8, 4) is 0 Å². The number of carboxylic acids is 2. The topological polar surface area (TPSA) is 175 Å². The normalized spacial score (nSPS) is 39.5. The third kappa shape index (κ3) is 8.60. The van der Waals surface area contributed by atoms with Gasteiger partial charge in [0.1, 0.15) is 0 Å². The number of aliphatic hydroxyl groups excluding tert-OH is 2. The Hall–Kier alpha value is -1.79. The second-order valence-corrected chi connectivity index (χ2v) is 12.2. The Morgan fingerprint density at radius 3 is 1.77 bits per heavy atom. The van der Waals surface area contributed by atoms with Gasteiger partial charge in [0.25, 0.3) is 0 Å². The van der Waals surface area contributed by atoms with E-state index in [-0.39, 0.29) is 49.1 Å². The molecule has 4 saturated carbocycles. The standard InChI is InChI=1S/C28H46N2O9/c31-19-5-11-23(27(34)35)16(13-19)15-38-30-18-3-9-22(10-4-18)39-21-7-1-17(2-8-21)29-26(33)25-14-20(32)6-12-24(25)28(36)37/h16-25,30-32H,1-15H2,(H,29,33)(H,34,35)(H,36,37). The first-order valence-corrected chi connectivity index (χ1v) is 14.8.